The summed E-state index contributed by atoms with van der Waals surface area (Å²) < 4.78 is 59.2. The van der Waals surface area contributed by atoms with Gasteiger partial charge in [-0.2, -0.15) is 21.9 Å². The van der Waals surface area contributed by atoms with Crippen LogP contribution in [0.25, 0.3) is 0 Å². The molecule has 0 unspecified atom stereocenters. The highest BCUT2D eigenvalue weighted by Crippen LogP contribution is 2.21. The average molecular weight is 461 g/mol. The fraction of sp³-hybridized carbons (Fsp3) is 0.0952. The fourth-order valence-electron chi connectivity index (χ4n) is 2.47. The molecule has 0 aliphatic heterocycles. The van der Waals surface area contributed by atoms with Gasteiger partial charge in [0.2, 0.25) is 0 Å². The Morgan fingerprint density at radius 2 is 1.32 bits per heavy atom. The SMILES string of the molecule is COc1ccc(S(=O)(=O)Oc2ccc(/C=N/NS(=O)(=O)c3ccc(C)cc3)cc2)cc1. The first kappa shape index (κ1) is 22.3. The molecule has 0 aliphatic carbocycles. The number of rotatable bonds is 8. The Morgan fingerprint density at radius 1 is 0.774 bits per heavy atom. The Bertz CT molecular complexity index is 1270. The Labute approximate surface area is 181 Å². The third kappa shape index (κ3) is 5.83. The molecule has 31 heavy (non-hydrogen) atoms. The molecule has 162 valence electrons. The molecule has 3 aromatic rings. The lowest BCUT2D eigenvalue weighted by atomic mass is 10.2. The molecule has 0 atom stereocenters. The number of nitrogens with zero attached hydrogens (tertiary/aromatic N) is 1. The maximum absolute atomic E-state index is 12.4. The van der Waals surface area contributed by atoms with Gasteiger partial charge in [-0.1, -0.05) is 17.7 Å². The summed E-state index contributed by atoms with van der Waals surface area (Å²) >= 11 is 0. The van der Waals surface area contributed by atoms with Crippen molar-refractivity contribution in [3.05, 3.63) is 83.9 Å². The van der Waals surface area contributed by atoms with Crippen molar-refractivity contribution in [3.8, 4) is 11.5 Å². The van der Waals surface area contributed by atoms with Crippen molar-refractivity contribution in [1.82, 2.24) is 4.83 Å². The van der Waals surface area contributed by atoms with Gasteiger partial charge in [0.25, 0.3) is 10.0 Å². The highest BCUT2D eigenvalue weighted by atomic mass is 32.2. The summed E-state index contributed by atoms with van der Waals surface area (Å²) in [4.78, 5) is 2.22. The molecule has 0 spiro atoms. The Balaban J connectivity index is 1.65. The van der Waals surface area contributed by atoms with Gasteiger partial charge in [0.15, 0.2) is 0 Å². The van der Waals surface area contributed by atoms with E-state index in [1.54, 1.807) is 24.3 Å². The fourth-order valence-corrected chi connectivity index (χ4v) is 4.19. The monoisotopic (exact) mass is 460 g/mol. The third-order valence-corrected chi connectivity index (χ3v) is 6.65. The minimum atomic E-state index is -4.00. The first-order valence-corrected chi connectivity index (χ1v) is 11.9. The van der Waals surface area contributed by atoms with Gasteiger partial charge in [-0.15, -0.1) is 0 Å². The van der Waals surface area contributed by atoms with Gasteiger partial charge in [-0.3, -0.25) is 0 Å². The molecule has 0 radical (unpaired) electrons. The van der Waals surface area contributed by atoms with Crippen LogP contribution in [0.2, 0.25) is 0 Å². The van der Waals surface area contributed by atoms with E-state index in [2.05, 4.69) is 9.93 Å². The second kappa shape index (κ2) is 9.19. The zero-order chi connectivity index (χ0) is 22.5. The number of sulfonamides is 1. The lowest BCUT2D eigenvalue weighted by molar-refractivity contribution is 0.414. The van der Waals surface area contributed by atoms with E-state index in [1.807, 2.05) is 6.92 Å². The first-order valence-electron chi connectivity index (χ1n) is 9.00. The normalized spacial score (nSPS) is 11.9. The smallest absolute Gasteiger partial charge is 0.339 e. The van der Waals surface area contributed by atoms with Crippen LogP contribution in [0.5, 0.6) is 11.5 Å². The van der Waals surface area contributed by atoms with Crippen LogP contribution in [0.15, 0.2) is 87.7 Å². The lowest BCUT2D eigenvalue weighted by Gasteiger charge is -2.08. The molecule has 0 saturated carbocycles. The molecule has 0 fully saturated rings. The van der Waals surface area contributed by atoms with Crippen LogP contribution in [0, 0.1) is 6.92 Å². The average Bonchev–Trinajstić information content (AvgIpc) is 2.75. The Kier molecular flexibility index (Phi) is 6.62. The van der Waals surface area contributed by atoms with Crippen LogP contribution in [-0.4, -0.2) is 30.2 Å². The zero-order valence-electron chi connectivity index (χ0n) is 16.7. The number of methoxy groups -OCH3 is 1. The number of hydrogen-bond acceptors (Lipinski definition) is 7. The van der Waals surface area contributed by atoms with E-state index < -0.39 is 20.1 Å². The first-order chi connectivity index (χ1) is 14.7. The van der Waals surface area contributed by atoms with E-state index in [9.17, 15) is 16.8 Å². The predicted octanol–water partition coefficient (Wildman–Crippen LogP) is 3.08. The molecule has 3 aromatic carbocycles. The van der Waals surface area contributed by atoms with Crippen LogP contribution >= 0.6 is 0 Å². The third-order valence-electron chi connectivity index (χ3n) is 4.15. The van der Waals surface area contributed by atoms with Gasteiger partial charge < -0.3 is 8.92 Å². The van der Waals surface area contributed by atoms with Gasteiger partial charge >= 0.3 is 10.1 Å². The minimum Gasteiger partial charge on any atom is -0.497 e. The molecule has 1 N–H and O–H groups in total. The number of hydrogen-bond donors (Lipinski definition) is 1. The number of benzene rings is 3. The second-order valence-electron chi connectivity index (χ2n) is 6.45. The number of nitrogens with one attached hydrogen (secondary N) is 1. The summed E-state index contributed by atoms with van der Waals surface area (Å²) in [5.41, 5.74) is 1.49. The molecule has 8 nitrogen and oxygen atoms in total. The number of hydrazone groups is 1. The van der Waals surface area contributed by atoms with Crippen LogP contribution in [0.4, 0.5) is 0 Å². The van der Waals surface area contributed by atoms with E-state index in [0.29, 0.717) is 11.3 Å². The number of ether oxygens (including phenoxy) is 1. The van der Waals surface area contributed by atoms with Crippen molar-refractivity contribution >= 4 is 26.4 Å². The Hall–Kier alpha value is -3.37. The van der Waals surface area contributed by atoms with Crippen molar-refractivity contribution in [1.29, 1.82) is 0 Å². The van der Waals surface area contributed by atoms with Crippen molar-refractivity contribution in [3.63, 3.8) is 0 Å². The van der Waals surface area contributed by atoms with Gasteiger partial charge in [-0.05, 0) is 73.2 Å². The van der Waals surface area contributed by atoms with Crippen LogP contribution in [0.3, 0.4) is 0 Å². The van der Waals surface area contributed by atoms with Crippen LogP contribution in [-0.2, 0) is 20.1 Å². The minimum absolute atomic E-state index is 0.00977. The Morgan fingerprint density at radius 3 is 1.90 bits per heavy atom. The van der Waals surface area contributed by atoms with Crippen molar-refractivity contribution in [2.75, 3.05) is 7.11 Å². The number of aryl methyl sites for hydroxylation is 1. The summed E-state index contributed by atoms with van der Waals surface area (Å²) in [6.07, 6.45) is 1.30. The largest absolute Gasteiger partial charge is 0.497 e. The van der Waals surface area contributed by atoms with E-state index in [1.165, 1.54) is 61.9 Å². The second-order valence-corrected chi connectivity index (χ2v) is 9.66. The molecule has 0 amide bonds. The molecular formula is C21H20N2O6S2. The molecule has 3 rings (SSSR count). The molecular weight excluding hydrogens is 440 g/mol. The molecule has 0 aliphatic rings. The maximum Gasteiger partial charge on any atom is 0.339 e. The summed E-state index contributed by atoms with van der Waals surface area (Å²) in [6, 6.07) is 18.1. The van der Waals surface area contributed by atoms with Crippen molar-refractivity contribution < 1.29 is 25.8 Å². The molecule has 0 aromatic heterocycles. The summed E-state index contributed by atoms with van der Waals surface area (Å²) in [7, 11) is -6.29. The van der Waals surface area contributed by atoms with Crippen LogP contribution in [0.1, 0.15) is 11.1 Å². The summed E-state index contributed by atoms with van der Waals surface area (Å²) in [5, 5.41) is 3.75. The van der Waals surface area contributed by atoms with E-state index in [0.717, 1.165) is 5.56 Å². The standard InChI is InChI=1S/C21H20N2O6S2/c1-16-3-11-20(12-4-16)30(24,25)23-22-15-17-5-7-19(8-6-17)29-31(26,27)21-13-9-18(28-2)10-14-21/h3-15,23H,1-2H3/b22-15+. The topological polar surface area (TPSA) is 111 Å². The zero-order valence-corrected chi connectivity index (χ0v) is 18.4. The van der Waals surface area contributed by atoms with Gasteiger partial charge in [0.1, 0.15) is 16.4 Å². The quantitative estimate of drug-likeness (QED) is 0.314. The molecule has 0 bridgehead atoms. The van der Waals surface area contributed by atoms with Gasteiger partial charge in [0, 0.05) is 0 Å². The highest BCUT2D eigenvalue weighted by Gasteiger charge is 2.16. The lowest BCUT2D eigenvalue weighted by Crippen LogP contribution is -2.18. The molecule has 0 saturated heterocycles. The molecule has 10 heteroatoms. The van der Waals surface area contributed by atoms with E-state index in [4.69, 9.17) is 8.92 Å². The van der Waals surface area contributed by atoms with Gasteiger partial charge in [-0.25, -0.2) is 4.83 Å². The van der Waals surface area contributed by atoms with Crippen LogP contribution < -0.4 is 13.8 Å². The highest BCUT2D eigenvalue weighted by molar-refractivity contribution is 7.89. The van der Waals surface area contributed by atoms with Crippen molar-refractivity contribution in [2.24, 2.45) is 5.10 Å². The van der Waals surface area contributed by atoms with Gasteiger partial charge in [0.05, 0.1) is 18.2 Å². The maximum atomic E-state index is 12.4. The predicted molar refractivity (Wildman–Crippen MR) is 116 cm³/mol. The van der Waals surface area contributed by atoms with Crippen molar-refractivity contribution in [2.45, 2.75) is 16.7 Å². The summed E-state index contributed by atoms with van der Waals surface area (Å²) in [5.74, 6) is 0.633. The van der Waals surface area contributed by atoms with E-state index >= 15 is 0 Å². The summed E-state index contributed by atoms with van der Waals surface area (Å²) in [6.45, 7) is 1.86. The van der Waals surface area contributed by atoms with E-state index in [-0.39, 0.29) is 15.5 Å². The molecule has 0 heterocycles.